The van der Waals surface area contributed by atoms with Gasteiger partial charge in [-0.2, -0.15) is 0 Å². The minimum absolute atomic E-state index is 0.203. The fraction of sp³-hybridized carbons (Fsp3) is 0.154. The van der Waals surface area contributed by atoms with Gasteiger partial charge in [0.1, 0.15) is 5.58 Å². The van der Waals surface area contributed by atoms with E-state index in [-0.39, 0.29) is 18.2 Å². The monoisotopic (exact) mass is 213 g/mol. The molecule has 1 heterocycles. The topological polar surface area (TPSA) is 42.2 Å². The lowest BCUT2D eigenvalue weighted by Crippen LogP contribution is -2.22. The Kier molecular flexibility index (Phi) is 2.65. The number of benzene rings is 1. The van der Waals surface area contributed by atoms with E-state index < -0.39 is 0 Å². The predicted octanol–water partition coefficient (Wildman–Crippen LogP) is 2.10. The smallest absolute Gasteiger partial charge is 0.287 e. The summed E-state index contributed by atoms with van der Waals surface area (Å²) in [7, 11) is 0. The van der Waals surface area contributed by atoms with Crippen LogP contribution in [0.1, 0.15) is 16.1 Å². The van der Waals surface area contributed by atoms with Crippen LogP contribution < -0.4 is 5.32 Å². The van der Waals surface area contributed by atoms with Gasteiger partial charge in [-0.15, -0.1) is 6.42 Å². The molecule has 16 heavy (non-hydrogen) atoms. The minimum Gasteiger partial charge on any atom is -0.451 e. The highest BCUT2D eigenvalue weighted by atomic mass is 16.3. The fourth-order valence-corrected chi connectivity index (χ4v) is 1.49. The Hall–Kier alpha value is -2.21. The molecule has 0 fully saturated rings. The number of amides is 1. The van der Waals surface area contributed by atoms with Crippen LogP contribution in [0.2, 0.25) is 0 Å². The first-order valence-electron chi connectivity index (χ1n) is 4.92. The Balaban J connectivity index is 2.33. The Morgan fingerprint density at radius 3 is 3.06 bits per heavy atom. The van der Waals surface area contributed by atoms with Gasteiger partial charge in [0.2, 0.25) is 0 Å². The number of rotatable bonds is 2. The lowest BCUT2D eigenvalue weighted by molar-refractivity contribution is 0.0933. The van der Waals surface area contributed by atoms with Crippen LogP contribution in [0.5, 0.6) is 0 Å². The maximum Gasteiger partial charge on any atom is 0.287 e. The summed E-state index contributed by atoms with van der Waals surface area (Å²) in [5.41, 5.74) is 1.83. The molecule has 0 aliphatic carbocycles. The van der Waals surface area contributed by atoms with E-state index in [2.05, 4.69) is 11.2 Å². The van der Waals surface area contributed by atoms with Gasteiger partial charge in [0.15, 0.2) is 5.76 Å². The van der Waals surface area contributed by atoms with Gasteiger partial charge in [-0.1, -0.05) is 17.6 Å². The second-order valence-corrected chi connectivity index (χ2v) is 3.54. The molecule has 0 unspecified atom stereocenters. The van der Waals surface area contributed by atoms with Crippen LogP contribution in [0.25, 0.3) is 11.0 Å². The number of terminal acetylenes is 1. The summed E-state index contributed by atoms with van der Waals surface area (Å²) < 4.78 is 5.40. The van der Waals surface area contributed by atoms with E-state index in [9.17, 15) is 4.79 Å². The van der Waals surface area contributed by atoms with E-state index in [0.717, 1.165) is 10.9 Å². The summed E-state index contributed by atoms with van der Waals surface area (Å²) in [4.78, 5) is 11.6. The summed E-state index contributed by atoms with van der Waals surface area (Å²) in [5, 5.41) is 3.48. The van der Waals surface area contributed by atoms with Crippen molar-refractivity contribution >= 4 is 16.9 Å². The molecular weight excluding hydrogens is 202 g/mol. The Bertz CT molecular complexity index is 575. The molecule has 0 aliphatic heterocycles. The molecule has 2 rings (SSSR count). The van der Waals surface area contributed by atoms with Crippen LogP contribution in [0.4, 0.5) is 0 Å². The van der Waals surface area contributed by atoms with E-state index in [0.29, 0.717) is 5.58 Å². The van der Waals surface area contributed by atoms with Crippen molar-refractivity contribution in [1.29, 1.82) is 0 Å². The third-order valence-electron chi connectivity index (χ3n) is 2.25. The first-order valence-corrected chi connectivity index (χ1v) is 4.92. The first kappa shape index (κ1) is 10.3. The van der Waals surface area contributed by atoms with E-state index in [1.807, 2.05) is 25.1 Å². The Morgan fingerprint density at radius 2 is 2.31 bits per heavy atom. The molecule has 0 radical (unpaired) electrons. The van der Waals surface area contributed by atoms with Crippen LogP contribution in [-0.4, -0.2) is 12.5 Å². The molecule has 0 spiro atoms. The third-order valence-corrected chi connectivity index (χ3v) is 2.25. The van der Waals surface area contributed by atoms with E-state index in [4.69, 9.17) is 10.8 Å². The van der Waals surface area contributed by atoms with Crippen LogP contribution >= 0.6 is 0 Å². The van der Waals surface area contributed by atoms with Gasteiger partial charge in [0.25, 0.3) is 5.91 Å². The number of nitrogens with one attached hydrogen (secondary N) is 1. The quantitative estimate of drug-likeness (QED) is 0.776. The zero-order chi connectivity index (χ0) is 11.5. The van der Waals surface area contributed by atoms with Gasteiger partial charge in [0.05, 0.1) is 6.54 Å². The SMILES string of the molecule is C#CCNC(=O)c1cc2cc(C)ccc2o1. The van der Waals surface area contributed by atoms with Crippen LogP contribution in [-0.2, 0) is 0 Å². The molecule has 80 valence electrons. The maximum atomic E-state index is 11.6. The minimum atomic E-state index is -0.285. The molecule has 1 amide bonds. The van der Waals surface area contributed by atoms with Crippen molar-refractivity contribution in [2.24, 2.45) is 0 Å². The van der Waals surface area contributed by atoms with Crippen molar-refractivity contribution in [3.05, 3.63) is 35.6 Å². The first-order chi connectivity index (χ1) is 7.70. The number of hydrogen-bond donors (Lipinski definition) is 1. The van der Waals surface area contributed by atoms with E-state index >= 15 is 0 Å². The molecule has 0 aliphatic rings. The molecule has 0 saturated carbocycles. The number of aryl methyl sites for hydroxylation is 1. The highest BCUT2D eigenvalue weighted by molar-refractivity contribution is 5.96. The lowest BCUT2D eigenvalue weighted by atomic mass is 10.2. The molecule has 3 nitrogen and oxygen atoms in total. The summed E-state index contributed by atoms with van der Waals surface area (Å²) >= 11 is 0. The second kappa shape index (κ2) is 4.11. The van der Waals surface area contributed by atoms with Crippen molar-refractivity contribution < 1.29 is 9.21 Å². The molecule has 1 aromatic heterocycles. The Labute approximate surface area is 93.4 Å². The zero-order valence-corrected chi connectivity index (χ0v) is 8.91. The molecule has 3 heteroatoms. The molecule has 0 saturated heterocycles. The van der Waals surface area contributed by atoms with Gasteiger partial charge in [-0.3, -0.25) is 4.79 Å². The summed E-state index contributed by atoms with van der Waals surface area (Å²) in [6.07, 6.45) is 5.05. The number of furan rings is 1. The van der Waals surface area contributed by atoms with Crippen molar-refractivity contribution in [2.75, 3.05) is 6.54 Å². The second-order valence-electron chi connectivity index (χ2n) is 3.54. The van der Waals surface area contributed by atoms with E-state index in [1.165, 1.54) is 0 Å². The normalized spacial score (nSPS) is 10.0. The van der Waals surface area contributed by atoms with Crippen LogP contribution in [0.3, 0.4) is 0 Å². The van der Waals surface area contributed by atoms with Gasteiger partial charge in [-0.05, 0) is 25.1 Å². The largest absolute Gasteiger partial charge is 0.451 e. The average molecular weight is 213 g/mol. The van der Waals surface area contributed by atoms with E-state index in [1.54, 1.807) is 6.07 Å². The Morgan fingerprint density at radius 1 is 1.50 bits per heavy atom. The molecule has 2 aromatic rings. The highest BCUT2D eigenvalue weighted by Crippen LogP contribution is 2.20. The van der Waals surface area contributed by atoms with Crippen LogP contribution in [0.15, 0.2) is 28.7 Å². The maximum absolute atomic E-state index is 11.6. The van der Waals surface area contributed by atoms with Crippen molar-refractivity contribution in [3.8, 4) is 12.3 Å². The van der Waals surface area contributed by atoms with Gasteiger partial charge in [-0.25, -0.2) is 0 Å². The fourth-order valence-electron chi connectivity index (χ4n) is 1.49. The van der Waals surface area contributed by atoms with Crippen molar-refractivity contribution in [3.63, 3.8) is 0 Å². The summed E-state index contributed by atoms with van der Waals surface area (Å²) in [6, 6.07) is 7.47. The molecular formula is C13H11NO2. The lowest BCUT2D eigenvalue weighted by Gasteiger charge is -1.95. The predicted molar refractivity (Wildman–Crippen MR) is 62.1 cm³/mol. The zero-order valence-electron chi connectivity index (χ0n) is 8.91. The van der Waals surface area contributed by atoms with Crippen molar-refractivity contribution in [2.45, 2.75) is 6.92 Å². The van der Waals surface area contributed by atoms with Crippen molar-refractivity contribution in [1.82, 2.24) is 5.32 Å². The molecule has 0 atom stereocenters. The standard InChI is InChI=1S/C13H11NO2/c1-3-6-14-13(15)12-8-10-7-9(2)4-5-11(10)16-12/h1,4-5,7-8H,6H2,2H3,(H,14,15). The average Bonchev–Trinajstić information content (AvgIpc) is 2.68. The molecule has 0 bridgehead atoms. The number of hydrogen-bond acceptors (Lipinski definition) is 2. The number of carbonyl (C=O) groups is 1. The van der Waals surface area contributed by atoms with Crippen LogP contribution in [0, 0.1) is 19.3 Å². The number of fused-ring (bicyclic) bond motifs is 1. The summed E-state index contributed by atoms with van der Waals surface area (Å²) in [6.45, 7) is 2.19. The molecule has 1 aromatic carbocycles. The van der Waals surface area contributed by atoms with Gasteiger partial charge >= 0.3 is 0 Å². The van der Waals surface area contributed by atoms with Gasteiger partial charge < -0.3 is 9.73 Å². The summed E-state index contributed by atoms with van der Waals surface area (Å²) in [5.74, 6) is 2.34. The highest BCUT2D eigenvalue weighted by Gasteiger charge is 2.10. The van der Waals surface area contributed by atoms with Gasteiger partial charge in [0, 0.05) is 5.39 Å². The third kappa shape index (κ3) is 1.91. The number of carbonyl (C=O) groups excluding carboxylic acids is 1. The molecule has 1 N–H and O–H groups in total.